The predicted molar refractivity (Wildman–Crippen MR) is 141 cm³/mol. The lowest BCUT2D eigenvalue weighted by Crippen LogP contribution is -2.35. The number of aryl methyl sites for hydroxylation is 1. The van der Waals surface area contributed by atoms with Crippen molar-refractivity contribution >= 4 is 17.0 Å². The van der Waals surface area contributed by atoms with Gasteiger partial charge in [-0.1, -0.05) is 45.9 Å². The Morgan fingerprint density at radius 2 is 1.69 bits per heavy atom. The van der Waals surface area contributed by atoms with E-state index in [1.807, 2.05) is 6.07 Å². The molecule has 9 heteroatoms. The number of hydrogen-bond acceptors (Lipinski definition) is 4. The molecular formula is C30H36F4N2O3. The Bertz CT molecular complexity index is 1310. The lowest BCUT2D eigenvalue weighted by Gasteiger charge is -2.45. The fourth-order valence-electron chi connectivity index (χ4n) is 6.30. The number of hydrogen-bond donors (Lipinski definition) is 0. The molecule has 1 aliphatic rings. The maximum atomic E-state index is 15.7. The molecule has 0 aliphatic heterocycles. The average Bonchev–Trinajstić information content (AvgIpc) is 3.19. The largest absolute Gasteiger partial charge is 0.484 e. The molecule has 0 bridgehead atoms. The van der Waals surface area contributed by atoms with Crippen LogP contribution in [0.1, 0.15) is 76.4 Å². The molecule has 4 rings (SSSR count). The Balaban J connectivity index is 1.72. The lowest BCUT2D eigenvalue weighted by molar-refractivity contribution is -0.153. The topological polar surface area (TPSA) is 53.4 Å². The monoisotopic (exact) mass is 548 g/mol. The molecule has 0 radical (unpaired) electrons. The van der Waals surface area contributed by atoms with E-state index in [0.717, 1.165) is 24.8 Å². The van der Waals surface area contributed by atoms with Crippen molar-refractivity contribution in [1.29, 1.82) is 0 Å². The normalized spacial score (nSPS) is 17.4. The molecule has 0 unspecified atom stereocenters. The number of ether oxygens (including phenoxy) is 2. The third-order valence-corrected chi connectivity index (χ3v) is 7.37. The zero-order valence-corrected chi connectivity index (χ0v) is 23.1. The zero-order chi connectivity index (χ0) is 28.6. The molecule has 2 aromatic carbocycles. The summed E-state index contributed by atoms with van der Waals surface area (Å²) in [5, 5.41) is 0. The van der Waals surface area contributed by atoms with E-state index in [1.165, 1.54) is 19.2 Å². The molecule has 1 aromatic heterocycles. The van der Waals surface area contributed by atoms with Crippen molar-refractivity contribution in [3.05, 3.63) is 59.2 Å². The van der Waals surface area contributed by atoms with Gasteiger partial charge in [0, 0.05) is 18.9 Å². The molecular weight excluding hydrogens is 512 g/mol. The van der Waals surface area contributed by atoms with Gasteiger partial charge in [0.05, 0.1) is 12.6 Å². The summed E-state index contributed by atoms with van der Waals surface area (Å²) in [7, 11) is 1.30. The molecule has 1 fully saturated rings. The SMILES string of the molecule is COC(=O)CCc1ccc2c(nc(Cc3ccc(OCC(F)(F)F)cc3)n2C2CC(C)(C)CC(C)(C)C2)c1F. The van der Waals surface area contributed by atoms with Crippen molar-refractivity contribution in [2.24, 2.45) is 10.8 Å². The summed E-state index contributed by atoms with van der Waals surface area (Å²) in [6.07, 6.45) is -0.868. The maximum absolute atomic E-state index is 15.7. The fraction of sp³-hybridized carbons (Fsp3) is 0.533. The number of nitrogens with zero attached hydrogens (tertiary/aromatic N) is 2. The molecule has 1 saturated carbocycles. The summed E-state index contributed by atoms with van der Waals surface area (Å²) >= 11 is 0. The number of fused-ring (bicyclic) bond motifs is 1. The van der Waals surface area contributed by atoms with Crippen LogP contribution in [-0.4, -0.2) is 35.4 Å². The Kier molecular flexibility index (Phi) is 8.01. The summed E-state index contributed by atoms with van der Waals surface area (Å²) in [6, 6.07) is 10.1. The second-order valence-electron chi connectivity index (χ2n) is 12.2. The Hall–Kier alpha value is -3.10. The molecule has 5 nitrogen and oxygen atoms in total. The summed E-state index contributed by atoms with van der Waals surface area (Å²) in [6.45, 7) is 7.67. The number of rotatable bonds is 8. The van der Waals surface area contributed by atoms with Gasteiger partial charge in [-0.2, -0.15) is 13.2 Å². The highest BCUT2D eigenvalue weighted by Crippen LogP contribution is 2.51. The molecule has 212 valence electrons. The fourth-order valence-corrected chi connectivity index (χ4v) is 6.30. The number of carbonyl (C=O) groups excluding carboxylic acids is 1. The van der Waals surface area contributed by atoms with E-state index in [-0.39, 0.29) is 41.0 Å². The molecule has 0 amide bonds. The van der Waals surface area contributed by atoms with E-state index >= 15 is 4.39 Å². The van der Waals surface area contributed by atoms with Gasteiger partial charge in [0.2, 0.25) is 0 Å². The quantitative estimate of drug-likeness (QED) is 0.215. The number of esters is 1. The second kappa shape index (κ2) is 10.8. The highest BCUT2D eigenvalue weighted by molar-refractivity contribution is 5.78. The van der Waals surface area contributed by atoms with Gasteiger partial charge in [-0.3, -0.25) is 4.79 Å². The highest BCUT2D eigenvalue weighted by atomic mass is 19.4. The van der Waals surface area contributed by atoms with Crippen LogP contribution in [0.5, 0.6) is 5.75 Å². The summed E-state index contributed by atoms with van der Waals surface area (Å²) in [5.41, 5.74) is 2.35. The first-order chi connectivity index (χ1) is 18.2. The Morgan fingerprint density at radius 1 is 1.05 bits per heavy atom. The van der Waals surface area contributed by atoms with Crippen molar-refractivity contribution in [3.63, 3.8) is 0 Å². The molecule has 1 heterocycles. The van der Waals surface area contributed by atoms with Gasteiger partial charge in [0.25, 0.3) is 0 Å². The Morgan fingerprint density at radius 3 is 2.28 bits per heavy atom. The molecule has 0 N–H and O–H groups in total. The van der Waals surface area contributed by atoms with Crippen LogP contribution in [0.15, 0.2) is 36.4 Å². The van der Waals surface area contributed by atoms with Crippen LogP contribution in [0.4, 0.5) is 17.6 Å². The molecule has 1 aliphatic carbocycles. The van der Waals surface area contributed by atoms with Crippen LogP contribution in [0.3, 0.4) is 0 Å². The van der Waals surface area contributed by atoms with E-state index in [1.54, 1.807) is 18.2 Å². The maximum Gasteiger partial charge on any atom is 0.422 e. The number of imidazole rings is 1. The van der Waals surface area contributed by atoms with E-state index in [2.05, 4.69) is 32.3 Å². The molecule has 0 saturated heterocycles. The molecule has 0 atom stereocenters. The third kappa shape index (κ3) is 7.11. The first-order valence-electron chi connectivity index (χ1n) is 13.2. The number of halogens is 4. The number of alkyl halides is 3. The lowest BCUT2D eigenvalue weighted by atomic mass is 9.63. The van der Waals surface area contributed by atoms with E-state index in [0.29, 0.717) is 23.3 Å². The minimum atomic E-state index is -4.41. The zero-order valence-electron chi connectivity index (χ0n) is 23.1. The van der Waals surface area contributed by atoms with Crippen LogP contribution >= 0.6 is 0 Å². The van der Waals surface area contributed by atoms with Crippen molar-refractivity contribution in [1.82, 2.24) is 9.55 Å². The van der Waals surface area contributed by atoms with E-state index in [4.69, 9.17) is 14.5 Å². The minimum Gasteiger partial charge on any atom is -0.484 e. The van der Waals surface area contributed by atoms with Gasteiger partial charge < -0.3 is 14.0 Å². The second-order valence-corrected chi connectivity index (χ2v) is 12.2. The van der Waals surface area contributed by atoms with Crippen molar-refractivity contribution in [2.75, 3.05) is 13.7 Å². The van der Waals surface area contributed by atoms with Gasteiger partial charge in [0.15, 0.2) is 12.4 Å². The standard InChI is InChI=1S/C30H36F4N2O3/c1-28(2)15-21(16-29(3,4)17-28)36-23-12-8-20(9-13-25(37)38-5)26(31)27(23)35-24(36)14-19-6-10-22(11-7-19)39-18-30(32,33)34/h6-8,10-12,21H,9,13-18H2,1-5H3. The average molecular weight is 549 g/mol. The summed E-state index contributed by atoms with van der Waals surface area (Å²) in [5.74, 6) is -0.0326. The van der Waals surface area contributed by atoms with Crippen molar-refractivity contribution in [2.45, 2.75) is 78.4 Å². The number of methoxy groups -OCH3 is 1. The first-order valence-corrected chi connectivity index (χ1v) is 13.2. The van der Waals surface area contributed by atoms with Gasteiger partial charge in [-0.15, -0.1) is 0 Å². The molecule has 39 heavy (non-hydrogen) atoms. The van der Waals surface area contributed by atoms with Crippen molar-refractivity contribution < 1.29 is 31.8 Å². The van der Waals surface area contributed by atoms with Crippen LogP contribution in [0, 0.1) is 16.6 Å². The molecule has 3 aromatic rings. The van der Waals surface area contributed by atoms with Crippen LogP contribution in [0.25, 0.3) is 11.0 Å². The Labute approximate surface area is 226 Å². The summed E-state index contributed by atoms with van der Waals surface area (Å²) in [4.78, 5) is 16.4. The van der Waals surface area contributed by atoms with Crippen LogP contribution in [0.2, 0.25) is 0 Å². The smallest absolute Gasteiger partial charge is 0.422 e. The summed E-state index contributed by atoms with van der Waals surface area (Å²) < 4.78 is 65.0. The van der Waals surface area contributed by atoms with Gasteiger partial charge in [0.1, 0.15) is 17.1 Å². The third-order valence-electron chi connectivity index (χ3n) is 7.37. The van der Waals surface area contributed by atoms with E-state index < -0.39 is 24.6 Å². The number of benzene rings is 2. The van der Waals surface area contributed by atoms with Crippen LogP contribution in [-0.2, 0) is 22.4 Å². The van der Waals surface area contributed by atoms with Crippen molar-refractivity contribution in [3.8, 4) is 5.75 Å². The highest BCUT2D eigenvalue weighted by Gasteiger charge is 2.40. The minimum absolute atomic E-state index is 0.0697. The first kappa shape index (κ1) is 28.9. The van der Waals surface area contributed by atoms with E-state index in [9.17, 15) is 18.0 Å². The molecule has 0 spiro atoms. The van der Waals surface area contributed by atoms with Crippen LogP contribution < -0.4 is 4.74 Å². The van der Waals surface area contributed by atoms with Gasteiger partial charge in [-0.25, -0.2) is 9.37 Å². The number of aromatic nitrogens is 2. The van der Waals surface area contributed by atoms with Gasteiger partial charge >= 0.3 is 12.1 Å². The van der Waals surface area contributed by atoms with Gasteiger partial charge in [-0.05, 0) is 65.8 Å². The number of carbonyl (C=O) groups is 1. The predicted octanol–water partition coefficient (Wildman–Crippen LogP) is 7.59.